The van der Waals surface area contributed by atoms with E-state index in [9.17, 15) is 9.59 Å². The summed E-state index contributed by atoms with van der Waals surface area (Å²) in [7, 11) is 2.66. The van der Waals surface area contributed by atoms with Crippen LogP contribution in [0.15, 0.2) is 60.7 Å². The highest BCUT2D eigenvalue weighted by atomic mass is 79.9. The lowest BCUT2D eigenvalue weighted by Crippen LogP contribution is -2.14. The van der Waals surface area contributed by atoms with Gasteiger partial charge in [0.1, 0.15) is 31.3 Å². The van der Waals surface area contributed by atoms with Gasteiger partial charge >= 0.3 is 11.9 Å². The van der Waals surface area contributed by atoms with Gasteiger partial charge in [-0.15, -0.1) is 0 Å². The van der Waals surface area contributed by atoms with Crippen molar-refractivity contribution >= 4 is 27.9 Å². The number of ether oxygens (including phenoxy) is 5. The smallest absolute Gasteiger partial charge is 0.331 e. The highest BCUT2D eigenvalue weighted by Crippen LogP contribution is 2.07. The zero-order chi connectivity index (χ0) is 23.2. The molecule has 0 radical (unpaired) electrons. The van der Waals surface area contributed by atoms with Gasteiger partial charge in [-0.2, -0.15) is 0 Å². The van der Waals surface area contributed by atoms with Gasteiger partial charge in [0.15, 0.2) is 0 Å². The molecule has 1 N–H and O–H groups in total. The largest absolute Gasteiger partial charge is 0.508 e. The van der Waals surface area contributed by atoms with Crippen LogP contribution in [0, 0.1) is 0 Å². The Bertz CT molecular complexity index is 682. The Balaban J connectivity index is 0.000000478. The topological polar surface area (TPSA) is 101 Å². The van der Waals surface area contributed by atoms with Crippen LogP contribution in [0.25, 0.3) is 0 Å². The number of hydrogen-bond donors (Lipinski definition) is 1. The van der Waals surface area contributed by atoms with Gasteiger partial charge in [0.25, 0.3) is 0 Å². The monoisotopic (exact) mass is 500 g/mol. The first kappa shape index (κ1) is 28.4. The third kappa shape index (κ3) is 19.1. The van der Waals surface area contributed by atoms with Gasteiger partial charge in [-0.05, 0) is 24.3 Å². The van der Waals surface area contributed by atoms with Crippen LogP contribution in [0.4, 0.5) is 0 Å². The maximum Gasteiger partial charge on any atom is 0.331 e. The van der Waals surface area contributed by atoms with E-state index < -0.39 is 0 Å². The Labute approximate surface area is 191 Å². The van der Waals surface area contributed by atoms with Crippen molar-refractivity contribution in [1.82, 2.24) is 0 Å². The number of hydrogen-bond acceptors (Lipinski definition) is 8. The Kier molecular flexibility index (Phi) is 18.9. The van der Waals surface area contributed by atoms with E-state index in [-0.39, 0.29) is 25.2 Å². The molecule has 0 spiro atoms. The minimum absolute atomic E-state index is 0.0331. The third-order valence-corrected chi connectivity index (χ3v) is 3.44. The lowest BCUT2D eigenvalue weighted by Gasteiger charge is -2.05. The molecule has 0 fully saturated rings. The van der Waals surface area contributed by atoms with Gasteiger partial charge in [0.05, 0.1) is 27.4 Å². The number of phenolic OH excluding ortho intramolecular Hbond substituents is 1. The average Bonchev–Trinajstić information content (AvgIpc) is 2.80. The lowest BCUT2D eigenvalue weighted by molar-refractivity contribution is -0.146. The van der Waals surface area contributed by atoms with Crippen molar-refractivity contribution < 1.29 is 38.4 Å². The molecule has 0 unspecified atom stereocenters. The fourth-order valence-electron chi connectivity index (χ4n) is 1.65. The van der Waals surface area contributed by atoms with Crippen LogP contribution in [0.5, 0.6) is 11.5 Å². The second kappa shape index (κ2) is 20.6. The van der Waals surface area contributed by atoms with Gasteiger partial charge in [0.2, 0.25) is 0 Å². The molecule has 172 valence electrons. The summed E-state index contributed by atoms with van der Waals surface area (Å²) in [6.07, 6.45) is 0. The number of aromatic hydroxyl groups is 1. The van der Waals surface area contributed by atoms with Crippen molar-refractivity contribution in [2.45, 2.75) is 0 Å². The Morgan fingerprint density at radius 1 is 0.774 bits per heavy atom. The molecule has 31 heavy (non-hydrogen) atoms. The summed E-state index contributed by atoms with van der Waals surface area (Å²) in [4.78, 5) is 21.0. The molecule has 0 aromatic heterocycles. The normalized spacial score (nSPS) is 9.26. The van der Waals surface area contributed by atoms with E-state index in [1.54, 1.807) is 24.3 Å². The van der Waals surface area contributed by atoms with Crippen LogP contribution in [0.1, 0.15) is 0 Å². The lowest BCUT2D eigenvalue weighted by atomic mass is 10.3. The molecule has 0 aliphatic rings. The molecule has 0 bridgehead atoms. The molecule has 0 aliphatic heterocycles. The summed E-state index contributed by atoms with van der Waals surface area (Å²) in [5.74, 6) is 0.396. The highest BCUT2D eigenvalue weighted by Gasteiger charge is 1.99. The van der Waals surface area contributed by atoms with Crippen molar-refractivity contribution in [3.63, 3.8) is 0 Å². The molecule has 0 saturated carbocycles. The van der Waals surface area contributed by atoms with Crippen LogP contribution >= 0.6 is 15.9 Å². The third-order valence-electron chi connectivity index (χ3n) is 3.11. The molecular formula is C22H29BrO8. The van der Waals surface area contributed by atoms with Crippen LogP contribution in [-0.2, 0) is 28.5 Å². The molecule has 0 aliphatic carbocycles. The number of methoxy groups -OCH3 is 2. The summed E-state index contributed by atoms with van der Waals surface area (Å²) < 4.78 is 23.9. The fourth-order valence-corrected chi connectivity index (χ4v) is 1.88. The maximum absolute atomic E-state index is 10.7. The number of benzene rings is 2. The van der Waals surface area contributed by atoms with Crippen molar-refractivity contribution in [3.8, 4) is 11.5 Å². The number of carbonyl (C=O) groups is 2. The fraction of sp³-hybridized carbons (Fsp3) is 0.364. The minimum Gasteiger partial charge on any atom is -0.508 e. The zero-order valence-corrected chi connectivity index (χ0v) is 19.3. The number of halogens is 1. The number of esters is 2. The Morgan fingerprint density at radius 2 is 1.26 bits per heavy atom. The van der Waals surface area contributed by atoms with Gasteiger partial charge in [0, 0.05) is 5.33 Å². The SMILES string of the molecule is COC(=O)COCCBr.COC(=O)COCCOc1ccccc1.Oc1ccccc1. The molecule has 9 heteroatoms. The summed E-state index contributed by atoms with van der Waals surface area (Å²) >= 11 is 3.14. The quantitative estimate of drug-likeness (QED) is 0.301. The first-order chi connectivity index (χ1) is 15.0. The predicted octanol–water partition coefficient (Wildman–Crippen LogP) is 3.22. The van der Waals surface area contributed by atoms with E-state index in [1.807, 2.05) is 36.4 Å². The van der Waals surface area contributed by atoms with E-state index in [4.69, 9.17) is 19.3 Å². The van der Waals surface area contributed by atoms with E-state index >= 15 is 0 Å². The van der Waals surface area contributed by atoms with E-state index in [0.29, 0.717) is 25.6 Å². The summed E-state index contributed by atoms with van der Waals surface area (Å²) in [5.41, 5.74) is 0. The van der Waals surface area contributed by atoms with E-state index in [1.165, 1.54) is 14.2 Å². The first-order valence-corrected chi connectivity index (χ1v) is 10.4. The van der Waals surface area contributed by atoms with Crippen LogP contribution in [0.3, 0.4) is 0 Å². The van der Waals surface area contributed by atoms with E-state index in [0.717, 1.165) is 11.1 Å². The molecule has 2 aromatic rings. The number of para-hydroxylation sites is 2. The molecule has 2 aromatic carbocycles. The molecule has 0 saturated heterocycles. The van der Waals surface area contributed by atoms with Crippen molar-refractivity contribution in [2.24, 2.45) is 0 Å². The average molecular weight is 501 g/mol. The zero-order valence-electron chi connectivity index (χ0n) is 17.7. The van der Waals surface area contributed by atoms with Crippen molar-refractivity contribution in [3.05, 3.63) is 60.7 Å². The van der Waals surface area contributed by atoms with Crippen LogP contribution in [-0.4, -0.2) is 69.6 Å². The molecule has 8 nitrogen and oxygen atoms in total. The summed E-state index contributed by atoms with van der Waals surface area (Å²) in [6.45, 7) is 1.33. The molecule has 0 heterocycles. The molecule has 0 amide bonds. The number of carbonyl (C=O) groups excluding carboxylic acids is 2. The highest BCUT2D eigenvalue weighted by molar-refractivity contribution is 9.09. The van der Waals surface area contributed by atoms with Crippen molar-refractivity contribution in [2.75, 3.05) is 52.6 Å². The molecule has 2 rings (SSSR count). The number of rotatable bonds is 10. The summed E-state index contributed by atoms with van der Waals surface area (Å²) in [5, 5.41) is 9.37. The standard InChI is InChI=1S/C11H14O4.C6H6O.C5H9BrO3/c1-13-11(12)9-14-7-8-15-10-5-3-2-4-6-10;7-6-4-2-1-3-5-6;1-8-5(7)4-9-3-2-6/h2-6H,7-9H2,1H3;1-5,7H;2-4H2,1H3. The Hall–Kier alpha value is -2.62. The van der Waals surface area contributed by atoms with Gasteiger partial charge < -0.3 is 28.8 Å². The second-order valence-electron chi connectivity index (χ2n) is 5.44. The molecule has 0 atom stereocenters. The Morgan fingerprint density at radius 3 is 1.68 bits per heavy atom. The minimum atomic E-state index is -0.380. The van der Waals surface area contributed by atoms with Crippen LogP contribution in [0.2, 0.25) is 0 Å². The van der Waals surface area contributed by atoms with Crippen LogP contribution < -0.4 is 4.74 Å². The predicted molar refractivity (Wildman–Crippen MR) is 120 cm³/mol. The second-order valence-corrected chi connectivity index (χ2v) is 6.24. The first-order valence-electron chi connectivity index (χ1n) is 9.30. The van der Waals surface area contributed by atoms with Gasteiger partial charge in [-0.3, -0.25) is 0 Å². The number of alkyl halides is 1. The van der Waals surface area contributed by atoms with E-state index in [2.05, 4.69) is 25.4 Å². The maximum atomic E-state index is 10.7. The summed E-state index contributed by atoms with van der Waals surface area (Å²) in [6, 6.07) is 18.1. The van der Waals surface area contributed by atoms with Crippen molar-refractivity contribution in [1.29, 1.82) is 0 Å². The number of phenols is 1. The molecular weight excluding hydrogens is 472 g/mol. The van der Waals surface area contributed by atoms with Gasteiger partial charge in [-0.1, -0.05) is 52.3 Å². The van der Waals surface area contributed by atoms with Gasteiger partial charge in [-0.25, -0.2) is 9.59 Å².